The SMILES string of the molecule is CCCCCCCCCCCCCCCCCCOc1cc(C(=O)Nc2cccc3c(=O)[nH][nH]c(=O)c23)cc(OCCCCCCCCCCCCCCCCCC)c1OCCCCCCCCCCCCCCCCCC. The molecule has 0 fully saturated rings. The first-order valence-electron chi connectivity index (χ1n) is 33.6. The van der Waals surface area contributed by atoms with Gasteiger partial charge in [-0.15, -0.1) is 0 Å². The van der Waals surface area contributed by atoms with Crippen molar-refractivity contribution in [1.29, 1.82) is 0 Å². The van der Waals surface area contributed by atoms with E-state index in [0.29, 0.717) is 42.6 Å². The number of H-pyrrole nitrogens is 2. The Morgan fingerprint density at radius 1 is 0.372 bits per heavy atom. The van der Waals surface area contributed by atoms with Crippen LogP contribution < -0.4 is 30.6 Å². The maximum Gasteiger partial charge on any atom is 0.272 e. The van der Waals surface area contributed by atoms with Gasteiger partial charge in [0.2, 0.25) is 5.75 Å². The van der Waals surface area contributed by atoms with Gasteiger partial charge in [0.25, 0.3) is 17.0 Å². The van der Waals surface area contributed by atoms with E-state index in [2.05, 4.69) is 36.3 Å². The lowest BCUT2D eigenvalue weighted by molar-refractivity contribution is 0.102. The molecular formula is C69H119N3O6. The molecule has 3 N–H and O–H groups in total. The highest BCUT2D eigenvalue weighted by molar-refractivity contribution is 6.09. The molecule has 1 amide bonds. The summed E-state index contributed by atoms with van der Waals surface area (Å²) in [6.07, 6.45) is 62.8. The number of hydrogen-bond donors (Lipinski definition) is 3. The highest BCUT2D eigenvalue weighted by atomic mass is 16.5. The molecule has 0 bridgehead atoms. The van der Waals surface area contributed by atoms with Crippen LogP contribution in [0.15, 0.2) is 39.9 Å². The Labute approximate surface area is 477 Å². The Morgan fingerprint density at radius 3 is 0.974 bits per heavy atom. The second kappa shape index (κ2) is 49.1. The number of benzene rings is 2. The summed E-state index contributed by atoms with van der Waals surface area (Å²) in [6.45, 7) is 8.43. The molecule has 0 atom stereocenters. The molecule has 3 aromatic rings. The van der Waals surface area contributed by atoms with E-state index in [4.69, 9.17) is 14.2 Å². The zero-order chi connectivity index (χ0) is 55.6. The van der Waals surface area contributed by atoms with E-state index < -0.39 is 17.0 Å². The largest absolute Gasteiger partial charge is 0.490 e. The number of aromatic nitrogens is 2. The molecule has 9 nitrogen and oxygen atoms in total. The number of carbonyl (C=O) groups is 1. The third kappa shape index (κ3) is 33.7. The summed E-state index contributed by atoms with van der Waals surface area (Å²) in [5, 5.41) is 8.07. The van der Waals surface area contributed by atoms with Crippen molar-refractivity contribution in [3.05, 3.63) is 56.6 Å². The van der Waals surface area contributed by atoms with Crippen molar-refractivity contribution in [2.75, 3.05) is 25.1 Å². The van der Waals surface area contributed by atoms with Crippen molar-refractivity contribution in [3.8, 4) is 17.2 Å². The Bertz CT molecular complexity index is 1930. The fourth-order valence-electron chi connectivity index (χ4n) is 11.1. The smallest absolute Gasteiger partial charge is 0.272 e. The average molecular weight is 1090 g/mol. The number of unbranched alkanes of at least 4 members (excludes halogenated alkanes) is 45. The van der Waals surface area contributed by atoms with Crippen molar-refractivity contribution >= 4 is 22.4 Å². The van der Waals surface area contributed by atoms with Crippen LogP contribution >= 0.6 is 0 Å². The van der Waals surface area contributed by atoms with Crippen LogP contribution in [0.5, 0.6) is 17.2 Å². The summed E-state index contributed by atoms with van der Waals surface area (Å²) in [6, 6.07) is 8.41. The van der Waals surface area contributed by atoms with Crippen LogP contribution in [-0.4, -0.2) is 35.9 Å². The number of ether oxygens (including phenoxy) is 3. The summed E-state index contributed by atoms with van der Waals surface area (Å²) in [7, 11) is 0. The first kappa shape index (κ1) is 68.5. The predicted octanol–water partition coefficient (Wildman–Crippen LogP) is 21.4. The minimum absolute atomic E-state index is 0.133. The Balaban J connectivity index is 1.58. The van der Waals surface area contributed by atoms with Crippen LogP contribution in [0.25, 0.3) is 10.8 Å². The topological polar surface area (TPSA) is 123 Å². The van der Waals surface area contributed by atoms with Gasteiger partial charge in [0, 0.05) is 5.56 Å². The van der Waals surface area contributed by atoms with Crippen molar-refractivity contribution < 1.29 is 19.0 Å². The zero-order valence-corrected chi connectivity index (χ0v) is 50.9. The van der Waals surface area contributed by atoms with Gasteiger partial charge in [-0.1, -0.05) is 316 Å². The van der Waals surface area contributed by atoms with Gasteiger partial charge in [-0.25, -0.2) is 0 Å². The molecule has 0 saturated carbocycles. The molecular weight excluding hydrogens is 967 g/mol. The van der Waals surface area contributed by atoms with Crippen LogP contribution in [0, 0.1) is 0 Å². The number of rotatable bonds is 56. The summed E-state index contributed by atoms with van der Waals surface area (Å²) in [4.78, 5) is 39.8. The molecule has 1 aromatic heterocycles. The Kier molecular flexibility index (Phi) is 43.1. The molecule has 0 aliphatic carbocycles. The summed E-state index contributed by atoms with van der Waals surface area (Å²) >= 11 is 0. The highest BCUT2D eigenvalue weighted by Gasteiger charge is 2.21. The number of fused-ring (bicyclic) bond motifs is 1. The molecule has 0 spiro atoms. The van der Waals surface area contributed by atoms with E-state index in [-0.39, 0.29) is 16.5 Å². The van der Waals surface area contributed by atoms with E-state index in [1.54, 1.807) is 30.3 Å². The van der Waals surface area contributed by atoms with Gasteiger partial charge < -0.3 is 19.5 Å². The molecule has 1 heterocycles. The normalized spacial score (nSPS) is 11.5. The lowest BCUT2D eigenvalue weighted by Crippen LogP contribution is -2.21. The van der Waals surface area contributed by atoms with Crippen molar-refractivity contribution in [2.24, 2.45) is 0 Å². The number of carbonyl (C=O) groups excluding carboxylic acids is 1. The summed E-state index contributed by atoms with van der Waals surface area (Å²) in [5.41, 5.74) is -0.308. The van der Waals surface area contributed by atoms with Crippen molar-refractivity contribution in [1.82, 2.24) is 10.2 Å². The van der Waals surface area contributed by atoms with Gasteiger partial charge in [0.05, 0.1) is 36.3 Å². The fraction of sp³-hybridized carbons (Fsp3) is 0.783. The van der Waals surface area contributed by atoms with Crippen molar-refractivity contribution in [3.63, 3.8) is 0 Å². The van der Waals surface area contributed by atoms with Gasteiger partial charge >= 0.3 is 0 Å². The molecule has 3 rings (SSSR count). The molecule has 0 unspecified atom stereocenters. The van der Waals surface area contributed by atoms with E-state index in [1.165, 1.54) is 270 Å². The zero-order valence-electron chi connectivity index (χ0n) is 50.9. The number of amides is 1. The fourth-order valence-corrected chi connectivity index (χ4v) is 11.1. The van der Waals surface area contributed by atoms with Crippen molar-refractivity contribution in [2.45, 2.75) is 329 Å². The summed E-state index contributed by atoms with van der Waals surface area (Å²) < 4.78 is 19.8. The molecule has 2 aromatic carbocycles. The van der Waals surface area contributed by atoms with E-state index in [9.17, 15) is 14.4 Å². The third-order valence-electron chi connectivity index (χ3n) is 16.1. The van der Waals surface area contributed by atoms with Crippen LogP contribution in [-0.2, 0) is 0 Å². The average Bonchev–Trinajstić information content (AvgIpc) is 3.46. The van der Waals surface area contributed by atoms with Gasteiger partial charge in [-0.05, 0) is 43.5 Å². The Morgan fingerprint density at radius 2 is 0.654 bits per heavy atom. The van der Waals surface area contributed by atoms with Crippen LogP contribution in [0.2, 0.25) is 0 Å². The number of anilines is 1. The van der Waals surface area contributed by atoms with Gasteiger partial charge in [0.1, 0.15) is 0 Å². The number of nitrogens with one attached hydrogen (secondary N) is 3. The monoisotopic (exact) mass is 1090 g/mol. The third-order valence-corrected chi connectivity index (χ3v) is 16.1. The molecule has 0 saturated heterocycles. The highest BCUT2D eigenvalue weighted by Crippen LogP contribution is 2.40. The number of aromatic amines is 2. The number of hydrogen-bond acceptors (Lipinski definition) is 6. The maximum atomic E-state index is 14.2. The molecule has 0 aliphatic heterocycles. The molecule has 0 radical (unpaired) electrons. The lowest BCUT2D eigenvalue weighted by atomic mass is 10.0. The molecule has 0 aliphatic rings. The maximum absolute atomic E-state index is 14.2. The molecule has 446 valence electrons. The van der Waals surface area contributed by atoms with Gasteiger partial charge in [-0.2, -0.15) is 0 Å². The quantitative estimate of drug-likeness (QED) is 0.0484. The van der Waals surface area contributed by atoms with Crippen LogP contribution in [0.4, 0.5) is 5.69 Å². The Hall–Kier alpha value is -3.75. The second-order valence-corrected chi connectivity index (χ2v) is 23.3. The predicted molar refractivity (Wildman–Crippen MR) is 335 cm³/mol. The van der Waals surface area contributed by atoms with Gasteiger partial charge in [0.15, 0.2) is 11.5 Å². The summed E-state index contributed by atoms with van der Waals surface area (Å²) in [5.74, 6) is 1.16. The van der Waals surface area contributed by atoms with Gasteiger partial charge in [-0.3, -0.25) is 24.6 Å². The standard InChI is InChI=1S/C69H119N3O6/c1-4-7-10-13-16-19-22-25-28-31-34-37-40-43-46-49-55-76-63-58-60(67(73)70-62-54-52-53-61-65(62)69(75)72-71-68(61)74)59-64(77-56-50-47-44-41-38-35-32-29-26-23-20-17-14-11-8-5-2)66(63)78-57-51-48-45-42-39-36-33-30-27-24-21-18-15-12-9-6-3/h52-54,58-59H,4-51,55-57H2,1-3H3,(H,70,73)(H,71,74)(H,72,75). The molecule has 9 heteroatoms. The minimum atomic E-state index is -0.482. The van der Waals surface area contributed by atoms with E-state index in [0.717, 1.165) is 38.5 Å². The minimum Gasteiger partial charge on any atom is -0.490 e. The lowest BCUT2D eigenvalue weighted by Gasteiger charge is -2.19. The van der Waals surface area contributed by atoms with E-state index in [1.807, 2.05) is 0 Å². The second-order valence-electron chi connectivity index (χ2n) is 23.3. The molecule has 78 heavy (non-hydrogen) atoms. The van der Waals surface area contributed by atoms with Crippen LogP contribution in [0.1, 0.15) is 339 Å². The van der Waals surface area contributed by atoms with Crippen LogP contribution in [0.3, 0.4) is 0 Å². The first-order chi connectivity index (χ1) is 38.5. The van der Waals surface area contributed by atoms with E-state index >= 15 is 0 Å². The first-order valence-corrected chi connectivity index (χ1v) is 33.6.